The molecule has 3 nitrogen and oxygen atoms in total. The second-order valence-corrected chi connectivity index (χ2v) is 5.37. The number of alkyl halides is 1. The molecule has 1 aliphatic heterocycles. The van der Waals surface area contributed by atoms with E-state index in [-0.39, 0.29) is 5.38 Å². The summed E-state index contributed by atoms with van der Waals surface area (Å²) >= 11 is 6.49. The van der Waals surface area contributed by atoms with Crippen molar-refractivity contribution in [3.63, 3.8) is 0 Å². The Labute approximate surface area is 114 Å². The van der Waals surface area contributed by atoms with Crippen LogP contribution in [0.15, 0.2) is 24.3 Å². The normalized spacial score (nSPS) is 19.7. The highest BCUT2D eigenvalue weighted by Gasteiger charge is 2.18. The first-order valence-corrected chi connectivity index (χ1v) is 6.81. The smallest absolute Gasteiger partial charge is 0.119 e. The van der Waals surface area contributed by atoms with Crippen molar-refractivity contribution in [2.45, 2.75) is 5.38 Å². The number of likely N-dealkylation sites (N-methyl/N-ethyl adjacent to an activating group) is 1. The van der Waals surface area contributed by atoms with Crippen LogP contribution in [0.5, 0.6) is 5.75 Å². The van der Waals surface area contributed by atoms with E-state index in [4.69, 9.17) is 16.3 Å². The Kier molecular flexibility index (Phi) is 4.87. The van der Waals surface area contributed by atoms with Gasteiger partial charge in [-0.15, -0.1) is 11.6 Å². The van der Waals surface area contributed by atoms with Crippen LogP contribution in [0.3, 0.4) is 0 Å². The van der Waals surface area contributed by atoms with Gasteiger partial charge in [0.2, 0.25) is 0 Å². The first-order chi connectivity index (χ1) is 8.69. The number of halogens is 1. The Morgan fingerprint density at radius 3 is 2.67 bits per heavy atom. The molecular weight excluding hydrogens is 248 g/mol. The van der Waals surface area contributed by atoms with E-state index in [0.717, 1.165) is 44.0 Å². The number of methoxy groups -OCH3 is 1. The molecule has 0 aliphatic carbocycles. The van der Waals surface area contributed by atoms with Gasteiger partial charge in [-0.3, -0.25) is 4.90 Å². The maximum atomic E-state index is 6.49. The summed E-state index contributed by atoms with van der Waals surface area (Å²) in [4.78, 5) is 4.78. The van der Waals surface area contributed by atoms with E-state index in [2.05, 4.69) is 22.9 Å². The third kappa shape index (κ3) is 3.61. The van der Waals surface area contributed by atoms with Crippen molar-refractivity contribution in [1.82, 2.24) is 9.80 Å². The van der Waals surface area contributed by atoms with Crippen LogP contribution in [0.1, 0.15) is 10.9 Å². The third-order valence-corrected chi connectivity index (χ3v) is 3.86. The summed E-state index contributed by atoms with van der Waals surface area (Å²) in [6.45, 7) is 5.36. The Morgan fingerprint density at radius 1 is 1.28 bits per heavy atom. The lowest BCUT2D eigenvalue weighted by atomic mass is 10.1. The van der Waals surface area contributed by atoms with Crippen molar-refractivity contribution in [3.8, 4) is 5.75 Å². The Balaban J connectivity index is 1.92. The van der Waals surface area contributed by atoms with Gasteiger partial charge < -0.3 is 9.64 Å². The van der Waals surface area contributed by atoms with Crippen LogP contribution in [0.25, 0.3) is 0 Å². The SMILES string of the molecule is COc1cccc(C(Cl)CN2CCN(C)CC2)c1. The number of nitrogens with zero attached hydrogens (tertiary/aromatic N) is 2. The minimum Gasteiger partial charge on any atom is -0.497 e. The highest BCUT2D eigenvalue weighted by atomic mass is 35.5. The van der Waals surface area contributed by atoms with Gasteiger partial charge in [-0.1, -0.05) is 12.1 Å². The molecule has 0 radical (unpaired) electrons. The molecule has 1 unspecified atom stereocenters. The second kappa shape index (κ2) is 6.41. The van der Waals surface area contributed by atoms with Gasteiger partial charge in [0.1, 0.15) is 5.75 Å². The first-order valence-electron chi connectivity index (χ1n) is 6.38. The Hall–Kier alpha value is -0.770. The van der Waals surface area contributed by atoms with E-state index >= 15 is 0 Å². The molecule has 1 aromatic carbocycles. The minimum absolute atomic E-state index is 0.0310. The van der Waals surface area contributed by atoms with Gasteiger partial charge in [0.05, 0.1) is 12.5 Å². The fourth-order valence-electron chi connectivity index (χ4n) is 2.20. The van der Waals surface area contributed by atoms with Crippen molar-refractivity contribution in [2.24, 2.45) is 0 Å². The summed E-state index contributed by atoms with van der Waals surface area (Å²) in [5.41, 5.74) is 1.13. The molecule has 1 aromatic rings. The lowest BCUT2D eigenvalue weighted by Gasteiger charge is -2.33. The molecule has 4 heteroatoms. The van der Waals surface area contributed by atoms with Gasteiger partial charge in [0.15, 0.2) is 0 Å². The van der Waals surface area contributed by atoms with Crippen LogP contribution in [-0.4, -0.2) is 56.7 Å². The van der Waals surface area contributed by atoms with Crippen LogP contribution < -0.4 is 4.74 Å². The van der Waals surface area contributed by atoms with E-state index in [9.17, 15) is 0 Å². The maximum absolute atomic E-state index is 6.49. The molecule has 1 heterocycles. The highest BCUT2D eigenvalue weighted by molar-refractivity contribution is 6.21. The van der Waals surface area contributed by atoms with E-state index in [1.54, 1.807) is 7.11 Å². The molecule has 1 atom stereocenters. The number of piperazine rings is 1. The number of hydrogen-bond acceptors (Lipinski definition) is 3. The topological polar surface area (TPSA) is 15.7 Å². The number of benzene rings is 1. The quantitative estimate of drug-likeness (QED) is 0.779. The molecule has 0 bridgehead atoms. The molecule has 1 aliphatic rings. The van der Waals surface area contributed by atoms with Crippen LogP contribution in [-0.2, 0) is 0 Å². The standard InChI is InChI=1S/C14H21ClN2O/c1-16-6-8-17(9-7-16)11-14(15)12-4-3-5-13(10-12)18-2/h3-5,10,14H,6-9,11H2,1-2H3. The maximum Gasteiger partial charge on any atom is 0.119 e. The van der Waals surface area contributed by atoms with Gasteiger partial charge in [0, 0.05) is 32.7 Å². The average Bonchev–Trinajstić information content (AvgIpc) is 2.41. The van der Waals surface area contributed by atoms with E-state index in [0.29, 0.717) is 0 Å². The summed E-state index contributed by atoms with van der Waals surface area (Å²) in [7, 11) is 3.85. The van der Waals surface area contributed by atoms with Crippen molar-refractivity contribution in [2.75, 3.05) is 46.9 Å². The van der Waals surface area contributed by atoms with Crippen molar-refractivity contribution >= 4 is 11.6 Å². The lowest BCUT2D eigenvalue weighted by molar-refractivity contribution is 0.154. The fourth-order valence-corrected chi connectivity index (χ4v) is 2.53. The van der Waals surface area contributed by atoms with Crippen LogP contribution >= 0.6 is 11.6 Å². The van der Waals surface area contributed by atoms with Crippen LogP contribution in [0.4, 0.5) is 0 Å². The van der Waals surface area contributed by atoms with Crippen LogP contribution in [0.2, 0.25) is 0 Å². The van der Waals surface area contributed by atoms with E-state index < -0.39 is 0 Å². The molecule has 1 saturated heterocycles. The van der Waals surface area contributed by atoms with Crippen molar-refractivity contribution in [1.29, 1.82) is 0 Å². The molecule has 1 fully saturated rings. The summed E-state index contributed by atoms with van der Waals surface area (Å²) in [5.74, 6) is 0.872. The number of ether oxygens (including phenoxy) is 1. The predicted molar refractivity (Wildman–Crippen MR) is 75.5 cm³/mol. The van der Waals surface area contributed by atoms with Crippen LogP contribution in [0, 0.1) is 0 Å². The van der Waals surface area contributed by atoms with Crippen molar-refractivity contribution in [3.05, 3.63) is 29.8 Å². The van der Waals surface area contributed by atoms with Gasteiger partial charge >= 0.3 is 0 Å². The molecule has 0 N–H and O–H groups in total. The van der Waals surface area contributed by atoms with Gasteiger partial charge in [-0.2, -0.15) is 0 Å². The molecular formula is C14H21ClN2O. The average molecular weight is 269 g/mol. The highest BCUT2D eigenvalue weighted by Crippen LogP contribution is 2.25. The van der Waals surface area contributed by atoms with E-state index in [1.165, 1.54) is 0 Å². The molecule has 0 spiro atoms. The fraction of sp³-hybridized carbons (Fsp3) is 0.571. The monoisotopic (exact) mass is 268 g/mol. The Morgan fingerprint density at radius 2 is 2.00 bits per heavy atom. The largest absolute Gasteiger partial charge is 0.497 e. The molecule has 18 heavy (non-hydrogen) atoms. The van der Waals surface area contributed by atoms with Crippen molar-refractivity contribution < 1.29 is 4.74 Å². The zero-order valence-corrected chi connectivity index (χ0v) is 11.9. The van der Waals surface area contributed by atoms with Gasteiger partial charge in [-0.05, 0) is 24.7 Å². The lowest BCUT2D eigenvalue weighted by Crippen LogP contribution is -2.45. The zero-order chi connectivity index (χ0) is 13.0. The molecule has 0 saturated carbocycles. The summed E-state index contributed by atoms with van der Waals surface area (Å²) in [5, 5.41) is 0.0310. The molecule has 2 rings (SSSR count). The third-order valence-electron chi connectivity index (χ3n) is 3.47. The van der Waals surface area contributed by atoms with E-state index in [1.807, 2.05) is 18.2 Å². The van der Waals surface area contributed by atoms with Gasteiger partial charge in [0.25, 0.3) is 0 Å². The molecule has 0 amide bonds. The zero-order valence-electron chi connectivity index (χ0n) is 11.1. The second-order valence-electron chi connectivity index (χ2n) is 4.85. The number of rotatable bonds is 4. The first kappa shape index (κ1) is 13.7. The van der Waals surface area contributed by atoms with Gasteiger partial charge in [-0.25, -0.2) is 0 Å². The predicted octanol–water partition coefficient (Wildman–Crippen LogP) is 2.22. The molecule has 100 valence electrons. The summed E-state index contributed by atoms with van der Waals surface area (Å²) in [6.07, 6.45) is 0. The molecule has 0 aromatic heterocycles. The Bertz CT molecular complexity index is 378. The summed E-state index contributed by atoms with van der Waals surface area (Å²) < 4.78 is 5.23. The minimum atomic E-state index is 0.0310. The summed E-state index contributed by atoms with van der Waals surface area (Å²) in [6, 6.07) is 8.03. The number of hydrogen-bond donors (Lipinski definition) is 0.